The number of hydrogen-bond acceptors (Lipinski definition) is 4. The lowest BCUT2D eigenvalue weighted by atomic mass is 10.2. The summed E-state index contributed by atoms with van der Waals surface area (Å²) in [6, 6.07) is 12.0. The van der Waals surface area contributed by atoms with E-state index in [0.29, 0.717) is 16.9 Å². The zero-order chi connectivity index (χ0) is 14.8. The maximum absolute atomic E-state index is 11.2. The summed E-state index contributed by atoms with van der Waals surface area (Å²) in [6.07, 6.45) is 0. The second-order valence-corrected chi connectivity index (χ2v) is 5.85. The van der Waals surface area contributed by atoms with Gasteiger partial charge >= 0.3 is 0 Å². The molecule has 0 aliphatic carbocycles. The summed E-state index contributed by atoms with van der Waals surface area (Å²) in [5.74, 6) is 0. The highest BCUT2D eigenvalue weighted by molar-refractivity contribution is 7.85. The van der Waals surface area contributed by atoms with Crippen LogP contribution in [0.3, 0.4) is 0 Å². The van der Waals surface area contributed by atoms with Crippen LogP contribution in [0.1, 0.15) is 11.1 Å². The molecule has 0 heterocycles. The van der Waals surface area contributed by atoms with E-state index in [2.05, 4.69) is 10.2 Å². The molecule has 0 aliphatic heterocycles. The van der Waals surface area contributed by atoms with Crippen LogP contribution in [0.5, 0.6) is 0 Å². The lowest BCUT2D eigenvalue weighted by Crippen LogP contribution is -2.00. The molecule has 1 N–H and O–H groups in total. The van der Waals surface area contributed by atoms with E-state index >= 15 is 0 Å². The van der Waals surface area contributed by atoms with Crippen LogP contribution < -0.4 is 0 Å². The topological polar surface area (TPSA) is 79.1 Å². The lowest BCUT2D eigenvalue weighted by Gasteiger charge is -2.02. The highest BCUT2D eigenvalue weighted by Crippen LogP contribution is 2.24. The summed E-state index contributed by atoms with van der Waals surface area (Å²) in [5.41, 5.74) is 2.61. The van der Waals surface area contributed by atoms with Gasteiger partial charge in [0, 0.05) is 0 Å². The van der Waals surface area contributed by atoms with Crippen LogP contribution in [0.2, 0.25) is 0 Å². The predicted molar refractivity (Wildman–Crippen MR) is 76.3 cm³/mol. The highest BCUT2D eigenvalue weighted by Gasteiger charge is 2.13. The molecule has 2 aromatic rings. The fourth-order valence-electron chi connectivity index (χ4n) is 1.66. The minimum atomic E-state index is -4.25. The third-order valence-corrected chi connectivity index (χ3v) is 3.76. The van der Waals surface area contributed by atoms with Gasteiger partial charge in [-0.05, 0) is 43.7 Å². The first-order chi connectivity index (χ1) is 9.36. The van der Waals surface area contributed by atoms with Gasteiger partial charge in [-0.25, -0.2) is 0 Å². The molecule has 0 saturated heterocycles. The van der Waals surface area contributed by atoms with Crippen LogP contribution in [0.15, 0.2) is 57.6 Å². The molecule has 0 unspecified atom stereocenters. The molecule has 0 amide bonds. The van der Waals surface area contributed by atoms with Gasteiger partial charge in [-0.15, -0.1) is 0 Å². The van der Waals surface area contributed by atoms with Crippen LogP contribution >= 0.6 is 0 Å². The normalized spacial score (nSPS) is 11.9. The van der Waals surface area contributed by atoms with Gasteiger partial charge in [0.25, 0.3) is 10.1 Å². The summed E-state index contributed by atoms with van der Waals surface area (Å²) in [7, 11) is -4.25. The van der Waals surface area contributed by atoms with Crippen molar-refractivity contribution in [1.29, 1.82) is 0 Å². The Balaban J connectivity index is 2.33. The largest absolute Gasteiger partial charge is 0.294 e. The first-order valence-electron chi connectivity index (χ1n) is 5.93. The molecular formula is C14H14N2O3S. The molecular weight excluding hydrogens is 276 g/mol. The van der Waals surface area contributed by atoms with Crippen molar-refractivity contribution in [1.82, 2.24) is 0 Å². The standard InChI is InChI=1S/C14H14N2O3S/c1-10-3-6-12(7-4-10)15-16-13-8-5-11(2)14(9-13)20(17,18)19/h3-9H,1-2H3,(H,17,18,19). The summed E-state index contributed by atoms with van der Waals surface area (Å²) >= 11 is 0. The number of azo groups is 1. The first kappa shape index (κ1) is 14.4. The Bertz CT molecular complexity index is 750. The summed E-state index contributed by atoms with van der Waals surface area (Å²) < 4.78 is 31.5. The number of rotatable bonds is 3. The molecule has 0 saturated carbocycles. The van der Waals surface area contributed by atoms with E-state index in [-0.39, 0.29) is 4.90 Å². The van der Waals surface area contributed by atoms with Crippen molar-refractivity contribution in [2.45, 2.75) is 18.7 Å². The van der Waals surface area contributed by atoms with E-state index in [4.69, 9.17) is 4.55 Å². The molecule has 0 aliphatic rings. The minimum Gasteiger partial charge on any atom is -0.282 e. The van der Waals surface area contributed by atoms with Crippen LogP contribution in [0.4, 0.5) is 11.4 Å². The Morgan fingerprint density at radius 3 is 2.05 bits per heavy atom. The number of benzene rings is 2. The van der Waals surface area contributed by atoms with Crippen molar-refractivity contribution >= 4 is 21.5 Å². The number of nitrogens with zero attached hydrogens (tertiary/aromatic N) is 2. The molecule has 20 heavy (non-hydrogen) atoms. The molecule has 0 spiro atoms. The van der Waals surface area contributed by atoms with Crippen molar-refractivity contribution in [2.75, 3.05) is 0 Å². The first-order valence-corrected chi connectivity index (χ1v) is 7.37. The number of aryl methyl sites for hydroxylation is 2. The fourth-order valence-corrected chi connectivity index (χ4v) is 2.40. The number of hydrogen-bond donors (Lipinski definition) is 1. The maximum atomic E-state index is 11.2. The Kier molecular flexibility index (Phi) is 3.96. The third kappa shape index (κ3) is 3.49. The van der Waals surface area contributed by atoms with E-state index in [0.717, 1.165) is 5.56 Å². The summed E-state index contributed by atoms with van der Waals surface area (Å²) in [5, 5.41) is 7.99. The van der Waals surface area contributed by atoms with E-state index in [1.54, 1.807) is 19.1 Å². The van der Waals surface area contributed by atoms with Crippen molar-refractivity contribution in [3.05, 3.63) is 53.6 Å². The molecule has 2 aromatic carbocycles. The molecule has 6 heteroatoms. The minimum absolute atomic E-state index is 0.155. The predicted octanol–water partition coefficient (Wildman–Crippen LogP) is 3.97. The third-order valence-electron chi connectivity index (χ3n) is 2.76. The molecule has 104 valence electrons. The van der Waals surface area contributed by atoms with Gasteiger partial charge in [-0.2, -0.15) is 18.6 Å². The molecule has 2 rings (SSSR count). The van der Waals surface area contributed by atoms with E-state index in [1.165, 1.54) is 6.07 Å². The summed E-state index contributed by atoms with van der Waals surface area (Å²) in [6.45, 7) is 3.57. The van der Waals surface area contributed by atoms with Crippen molar-refractivity contribution < 1.29 is 13.0 Å². The molecule has 0 atom stereocenters. The highest BCUT2D eigenvalue weighted by atomic mass is 32.2. The van der Waals surface area contributed by atoms with E-state index in [1.807, 2.05) is 31.2 Å². The van der Waals surface area contributed by atoms with E-state index in [9.17, 15) is 8.42 Å². The van der Waals surface area contributed by atoms with Gasteiger partial charge in [0.15, 0.2) is 0 Å². The van der Waals surface area contributed by atoms with E-state index < -0.39 is 10.1 Å². The van der Waals surface area contributed by atoms with Crippen LogP contribution in [0.25, 0.3) is 0 Å². The van der Waals surface area contributed by atoms with Gasteiger partial charge in [0.2, 0.25) is 0 Å². The molecule has 5 nitrogen and oxygen atoms in total. The summed E-state index contributed by atoms with van der Waals surface area (Å²) in [4.78, 5) is -0.155. The van der Waals surface area contributed by atoms with Crippen molar-refractivity contribution in [3.63, 3.8) is 0 Å². The molecule has 0 fully saturated rings. The van der Waals surface area contributed by atoms with Gasteiger partial charge in [-0.3, -0.25) is 4.55 Å². The van der Waals surface area contributed by atoms with Crippen molar-refractivity contribution in [2.24, 2.45) is 10.2 Å². The van der Waals surface area contributed by atoms with Crippen LogP contribution in [-0.4, -0.2) is 13.0 Å². The quantitative estimate of drug-likeness (QED) is 0.686. The van der Waals surface area contributed by atoms with Gasteiger partial charge in [0.05, 0.1) is 16.3 Å². The zero-order valence-electron chi connectivity index (χ0n) is 11.1. The van der Waals surface area contributed by atoms with Crippen LogP contribution in [0, 0.1) is 13.8 Å². The maximum Gasteiger partial charge on any atom is 0.294 e. The Morgan fingerprint density at radius 2 is 1.45 bits per heavy atom. The lowest BCUT2D eigenvalue weighted by molar-refractivity contribution is 0.482. The smallest absolute Gasteiger partial charge is 0.282 e. The Morgan fingerprint density at radius 1 is 0.900 bits per heavy atom. The molecule has 0 bridgehead atoms. The Hall–Kier alpha value is -2.05. The monoisotopic (exact) mass is 290 g/mol. The van der Waals surface area contributed by atoms with Gasteiger partial charge in [0.1, 0.15) is 0 Å². The van der Waals surface area contributed by atoms with Gasteiger partial charge in [-0.1, -0.05) is 23.8 Å². The second-order valence-electron chi connectivity index (χ2n) is 4.46. The fraction of sp³-hybridized carbons (Fsp3) is 0.143. The Labute approximate surface area is 117 Å². The average molecular weight is 290 g/mol. The zero-order valence-corrected chi connectivity index (χ0v) is 11.9. The molecule has 0 aromatic heterocycles. The second kappa shape index (κ2) is 5.52. The van der Waals surface area contributed by atoms with Gasteiger partial charge < -0.3 is 0 Å². The molecule has 0 radical (unpaired) electrons. The van der Waals surface area contributed by atoms with Crippen LogP contribution in [-0.2, 0) is 10.1 Å². The average Bonchev–Trinajstić information content (AvgIpc) is 2.38. The van der Waals surface area contributed by atoms with Crippen molar-refractivity contribution in [3.8, 4) is 0 Å². The SMILES string of the molecule is Cc1ccc(N=Nc2ccc(C)c(S(=O)(=O)O)c2)cc1.